The monoisotopic (exact) mass is 433 g/mol. The normalized spacial score (nSPS) is 16.5. The van der Waals surface area contributed by atoms with Gasteiger partial charge in [0.2, 0.25) is 5.95 Å². The van der Waals surface area contributed by atoms with Gasteiger partial charge in [-0.15, -0.1) is 11.3 Å². The Bertz CT molecular complexity index is 1080. The molecule has 1 amide bonds. The summed E-state index contributed by atoms with van der Waals surface area (Å²) in [4.78, 5) is 29.0. The van der Waals surface area contributed by atoms with Crippen LogP contribution in [0.2, 0.25) is 0 Å². The minimum atomic E-state index is -2.71. The molecule has 158 valence electrons. The number of nitrogens with one attached hydrogen (secondary N) is 1. The highest BCUT2D eigenvalue weighted by atomic mass is 32.1. The van der Waals surface area contributed by atoms with Gasteiger partial charge in [-0.2, -0.15) is 5.10 Å². The second-order valence-corrected chi connectivity index (χ2v) is 8.38. The zero-order valence-electron chi connectivity index (χ0n) is 16.8. The molecule has 3 aromatic heterocycles. The smallest absolute Gasteiger partial charge is 0.282 e. The standard InChI is InChI=1S/C19H21F2N7OS/c1-10-16(30-11(2)23-10)13-4-6-22-19(25-13)28-7-5-12(9-28)24-18(29)15-8-14(17(20)21)26-27(15)3/h4,6,8,12,17H,5,7,9H2,1-3H3,(H,24,29). The SMILES string of the molecule is Cc1nc(C)c(-c2ccnc(N3CCC(NC(=O)c4cc(C(F)F)nn4C)C3)n2)s1. The Morgan fingerprint density at radius 2 is 2.13 bits per heavy atom. The highest BCUT2D eigenvalue weighted by Crippen LogP contribution is 2.29. The average Bonchev–Trinajstić information content (AvgIpc) is 3.40. The molecule has 3 aromatic rings. The van der Waals surface area contributed by atoms with E-state index in [1.807, 2.05) is 24.8 Å². The Morgan fingerprint density at radius 1 is 1.33 bits per heavy atom. The number of aryl methyl sites for hydroxylation is 3. The molecule has 1 fully saturated rings. The molecule has 0 radical (unpaired) electrons. The van der Waals surface area contributed by atoms with Gasteiger partial charge in [-0.05, 0) is 32.4 Å². The van der Waals surface area contributed by atoms with Crippen LogP contribution in [-0.4, -0.2) is 49.8 Å². The minimum absolute atomic E-state index is 0.109. The Labute approximate surface area is 176 Å². The van der Waals surface area contributed by atoms with Gasteiger partial charge in [0, 0.05) is 32.4 Å². The molecule has 1 saturated heterocycles. The number of nitrogens with zero attached hydrogens (tertiary/aromatic N) is 6. The largest absolute Gasteiger partial charge is 0.346 e. The summed E-state index contributed by atoms with van der Waals surface area (Å²) >= 11 is 1.59. The van der Waals surface area contributed by atoms with E-state index in [9.17, 15) is 13.6 Å². The van der Waals surface area contributed by atoms with Gasteiger partial charge < -0.3 is 10.2 Å². The van der Waals surface area contributed by atoms with Crippen molar-refractivity contribution in [2.45, 2.75) is 32.7 Å². The zero-order chi connectivity index (χ0) is 21.4. The van der Waals surface area contributed by atoms with Crippen molar-refractivity contribution in [3.8, 4) is 10.6 Å². The molecule has 30 heavy (non-hydrogen) atoms. The molecule has 1 N–H and O–H groups in total. The van der Waals surface area contributed by atoms with E-state index < -0.39 is 18.0 Å². The van der Waals surface area contributed by atoms with Crippen molar-refractivity contribution >= 4 is 23.2 Å². The van der Waals surface area contributed by atoms with Crippen LogP contribution in [0.1, 0.15) is 39.7 Å². The number of anilines is 1. The van der Waals surface area contributed by atoms with E-state index >= 15 is 0 Å². The second kappa shape index (κ2) is 8.05. The number of hydrogen-bond donors (Lipinski definition) is 1. The summed E-state index contributed by atoms with van der Waals surface area (Å²) < 4.78 is 26.8. The van der Waals surface area contributed by atoms with Crippen LogP contribution in [0.15, 0.2) is 18.3 Å². The number of aromatic nitrogens is 5. The van der Waals surface area contributed by atoms with Crippen LogP contribution in [0, 0.1) is 13.8 Å². The predicted molar refractivity (Wildman–Crippen MR) is 109 cm³/mol. The van der Waals surface area contributed by atoms with Gasteiger partial charge in [-0.3, -0.25) is 9.48 Å². The summed E-state index contributed by atoms with van der Waals surface area (Å²) in [6.07, 6.45) is -0.285. The number of halogens is 2. The summed E-state index contributed by atoms with van der Waals surface area (Å²) in [5.74, 6) is 0.171. The van der Waals surface area contributed by atoms with Crippen LogP contribution >= 0.6 is 11.3 Å². The topological polar surface area (TPSA) is 88.8 Å². The Hall–Kier alpha value is -2.95. The maximum atomic E-state index is 12.8. The molecule has 8 nitrogen and oxygen atoms in total. The molecule has 4 heterocycles. The predicted octanol–water partition coefficient (Wildman–Crippen LogP) is 2.90. The lowest BCUT2D eigenvalue weighted by molar-refractivity contribution is 0.0931. The first-order valence-electron chi connectivity index (χ1n) is 9.47. The molecule has 0 bridgehead atoms. The van der Waals surface area contributed by atoms with E-state index in [1.54, 1.807) is 17.5 Å². The fraction of sp³-hybridized carbons (Fsp3) is 0.421. The summed E-state index contributed by atoms with van der Waals surface area (Å²) in [5.41, 5.74) is 1.46. The van der Waals surface area contributed by atoms with Gasteiger partial charge in [0.15, 0.2) is 0 Å². The van der Waals surface area contributed by atoms with E-state index in [0.717, 1.165) is 27.3 Å². The Kier molecular flexibility index (Phi) is 5.46. The summed E-state index contributed by atoms with van der Waals surface area (Å²) in [6.45, 7) is 5.14. The lowest BCUT2D eigenvalue weighted by Crippen LogP contribution is -2.38. The molecule has 0 aliphatic carbocycles. The van der Waals surface area contributed by atoms with Crippen molar-refractivity contribution in [2.75, 3.05) is 18.0 Å². The van der Waals surface area contributed by atoms with Crippen molar-refractivity contribution in [2.24, 2.45) is 7.05 Å². The van der Waals surface area contributed by atoms with Crippen LogP contribution in [0.4, 0.5) is 14.7 Å². The Morgan fingerprint density at radius 3 is 2.80 bits per heavy atom. The van der Waals surface area contributed by atoms with E-state index in [0.29, 0.717) is 25.5 Å². The molecular formula is C19H21F2N7OS. The van der Waals surface area contributed by atoms with Crippen LogP contribution in [0.3, 0.4) is 0 Å². The van der Waals surface area contributed by atoms with Gasteiger partial charge in [0.25, 0.3) is 12.3 Å². The number of carbonyl (C=O) groups is 1. The Balaban J connectivity index is 1.44. The molecule has 1 aliphatic rings. The van der Waals surface area contributed by atoms with Gasteiger partial charge in [0.05, 0.1) is 21.3 Å². The van der Waals surface area contributed by atoms with Crippen molar-refractivity contribution in [1.82, 2.24) is 30.0 Å². The van der Waals surface area contributed by atoms with Crippen molar-refractivity contribution in [3.63, 3.8) is 0 Å². The van der Waals surface area contributed by atoms with E-state index in [-0.39, 0.29) is 11.7 Å². The molecule has 1 unspecified atom stereocenters. The summed E-state index contributed by atoms with van der Waals surface area (Å²) in [7, 11) is 1.48. The first kappa shape index (κ1) is 20.3. The summed E-state index contributed by atoms with van der Waals surface area (Å²) in [6, 6.07) is 2.85. The zero-order valence-corrected chi connectivity index (χ0v) is 17.6. The molecular weight excluding hydrogens is 412 g/mol. The van der Waals surface area contributed by atoms with Crippen LogP contribution in [-0.2, 0) is 7.05 Å². The second-order valence-electron chi connectivity index (χ2n) is 7.17. The lowest BCUT2D eigenvalue weighted by Gasteiger charge is -2.17. The maximum Gasteiger partial charge on any atom is 0.282 e. The number of rotatable bonds is 5. The van der Waals surface area contributed by atoms with Crippen LogP contribution < -0.4 is 10.2 Å². The van der Waals surface area contributed by atoms with Gasteiger partial charge >= 0.3 is 0 Å². The third-order valence-corrected chi connectivity index (χ3v) is 6.04. The first-order valence-corrected chi connectivity index (χ1v) is 10.3. The highest BCUT2D eigenvalue weighted by Gasteiger charge is 2.28. The van der Waals surface area contributed by atoms with E-state index in [4.69, 9.17) is 0 Å². The highest BCUT2D eigenvalue weighted by molar-refractivity contribution is 7.15. The number of amides is 1. The van der Waals surface area contributed by atoms with Gasteiger partial charge in [0.1, 0.15) is 11.4 Å². The molecule has 0 aromatic carbocycles. The molecule has 1 atom stereocenters. The number of thiazole rings is 1. The fourth-order valence-corrected chi connectivity index (χ4v) is 4.41. The van der Waals surface area contributed by atoms with Crippen molar-refractivity contribution < 1.29 is 13.6 Å². The number of hydrogen-bond acceptors (Lipinski definition) is 7. The minimum Gasteiger partial charge on any atom is -0.346 e. The van der Waals surface area contributed by atoms with E-state index in [1.165, 1.54) is 11.7 Å². The molecule has 11 heteroatoms. The number of alkyl halides is 2. The van der Waals surface area contributed by atoms with Crippen molar-refractivity contribution in [1.29, 1.82) is 0 Å². The first-order chi connectivity index (χ1) is 14.3. The van der Waals surface area contributed by atoms with Crippen molar-refractivity contribution in [3.05, 3.63) is 40.4 Å². The third kappa shape index (κ3) is 4.02. The molecule has 1 aliphatic heterocycles. The maximum absolute atomic E-state index is 12.8. The average molecular weight is 433 g/mol. The lowest BCUT2D eigenvalue weighted by atomic mass is 10.2. The van der Waals surface area contributed by atoms with Gasteiger partial charge in [-0.25, -0.2) is 23.7 Å². The van der Waals surface area contributed by atoms with Gasteiger partial charge in [-0.1, -0.05) is 0 Å². The van der Waals surface area contributed by atoms with Crippen LogP contribution in [0.25, 0.3) is 10.6 Å². The van der Waals surface area contributed by atoms with Crippen LogP contribution in [0.5, 0.6) is 0 Å². The quantitative estimate of drug-likeness (QED) is 0.666. The summed E-state index contributed by atoms with van der Waals surface area (Å²) in [5, 5.41) is 7.57. The van der Waals surface area contributed by atoms with E-state index in [2.05, 4.69) is 25.4 Å². The third-order valence-electron chi connectivity index (χ3n) is 4.94. The fourth-order valence-electron chi connectivity index (χ4n) is 3.52. The molecule has 4 rings (SSSR count). The molecule has 0 spiro atoms. The molecule has 0 saturated carbocycles. The number of carbonyl (C=O) groups excluding carboxylic acids is 1.